The first-order valence-electron chi connectivity index (χ1n) is 3.70. The number of hydrogen-bond donors (Lipinski definition) is 0. The minimum absolute atomic E-state index is 0.504. The van der Waals surface area contributed by atoms with Crippen LogP contribution in [0, 0.1) is 6.57 Å². The molecule has 0 saturated carbocycles. The van der Waals surface area contributed by atoms with E-state index in [0.29, 0.717) is 6.54 Å². The van der Waals surface area contributed by atoms with Crippen LogP contribution in [0.3, 0.4) is 0 Å². The lowest BCUT2D eigenvalue weighted by Gasteiger charge is -1.88. The van der Waals surface area contributed by atoms with Gasteiger partial charge in [0.15, 0.2) is 0 Å². The Hall–Kier alpha value is -1.33. The molecule has 0 N–H and O–H groups in total. The van der Waals surface area contributed by atoms with Crippen molar-refractivity contribution in [1.29, 1.82) is 0 Å². The largest absolute Gasteiger partial charge is 0.312 e. The summed E-state index contributed by atoms with van der Waals surface area (Å²) in [7, 11) is 0. The van der Waals surface area contributed by atoms with Gasteiger partial charge in [0.25, 0.3) is 0 Å². The van der Waals surface area contributed by atoms with Crippen molar-refractivity contribution in [2.24, 2.45) is 0 Å². The van der Waals surface area contributed by atoms with Crippen LogP contribution in [0.15, 0.2) is 29.6 Å². The molecular formula is C10H7NS. The second kappa shape index (κ2) is 2.96. The predicted octanol–water partition coefficient (Wildman–Crippen LogP) is 3.32. The zero-order valence-corrected chi connectivity index (χ0v) is 7.27. The van der Waals surface area contributed by atoms with Gasteiger partial charge < -0.3 is 4.85 Å². The lowest BCUT2D eigenvalue weighted by atomic mass is 10.2. The van der Waals surface area contributed by atoms with Crippen LogP contribution in [0.5, 0.6) is 0 Å². The fourth-order valence-corrected chi connectivity index (χ4v) is 2.19. The van der Waals surface area contributed by atoms with E-state index < -0.39 is 0 Å². The first-order chi connectivity index (χ1) is 5.92. The fraction of sp³-hybridized carbons (Fsp3) is 0.100. The summed E-state index contributed by atoms with van der Waals surface area (Å²) >= 11 is 1.71. The molecule has 2 rings (SSSR count). The summed E-state index contributed by atoms with van der Waals surface area (Å²) in [4.78, 5) is 3.38. The Kier molecular flexibility index (Phi) is 1.81. The molecule has 1 heterocycles. The number of thiophene rings is 1. The van der Waals surface area contributed by atoms with Gasteiger partial charge in [0.2, 0.25) is 6.54 Å². The van der Waals surface area contributed by atoms with Crippen molar-refractivity contribution >= 4 is 21.4 Å². The molecule has 0 saturated heterocycles. The quantitative estimate of drug-likeness (QED) is 0.583. The Morgan fingerprint density at radius 2 is 2.17 bits per heavy atom. The van der Waals surface area contributed by atoms with Gasteiger partial charge in [-0.05, 0) is 6.07 Å². The standard InChI is InChI=1S/C10H7NS/c1-11-6-8-7-12-10-5-3-2-4-9(8)10/h2-5,7H,6H2. The highest BCUT2D eigenvalue weighted by Crippen LogP contribution is 2.25. The molecule has 2 aromatic rings. The van der Waals surface area contributed by atoms with Gasteiger partial charge >= 0.3 is 0 Å². The molecule has 0 amide bonds. The van der Waals surface area contributed by atoms with Crippen LogP contribution in [0.25, 0.3) is 14.9 Å². The van der Waals surface area contributed by atoms with Crippen molar-refractivity contribution < 1.29 is 0 Å². The van der Waals surface area contributed by atoms with Gasteiger partial charge in [-0.2, -0.15) is 0 Å². The summed E-state index contributed by atoms with van der Waals surface area (Å²) in [6, 6.07) is 8.21. The SMILES string of the molecule is [C-]#[N+]Cc1csc2ccccc12. The summed E-state index contributed by atoms with van der Waals surface area (Å²) in [5, 5.41) is 3.31. The Labute approximate surface area is 75.1 Å². The van der Waals surface area contributed by atoms with Crippen molar-refractivity contribution in [2.75, 3.05) is 0 Å². The van der Waals surface area contributed by atoms with Crippen LogP contribution in [-0.4, -0.2) is 0 Å². The molecule has 0 unspecified atom stereocenters. The summed E-state index contributed by atoms with van der Waals surface area (Å²) in [6.45, 7) is 7.29. The van der Waals surface area contributed by atoms with Crippen molar-refractivity contribution in [3.63, 3.8) is 0 Å². The zero-order chi connectivity index (χ0) is 8.39. The first kappa shape index (κ1) is 7.33. The number of hydrogen-bond acceptors (Lipinski definition) is 1. The van der Waals surface area contributed by atoms with Gasteiger partial charge in [-0.25, -0.2) is 6.57 Å². The van der Waals surface area contributed by atoms with Gasteiger partial charge in [-0.3, -0.25) is 0 Å². The maximum Gasteiger partial charge on any atom is 0.241 e. The van der Waals surface area contributed by atoms with Crippen molar-refractivity contribution in [3.05, 3.63) is 46.6 Å². The molecule has 0 spiro atoms. The summed E-state index contributed by atoms with van der Waals surface area (Å²) < 4.78 is 1.27. The smallest absolute Gasteiger partial charge is 0.241 e. The molecule has 0 aliphatic rings. The van der Waals surface area contributed by atoms with Crippen molar-refractivity contribution in [1.82, 2.24) is 0 Å². The van der Waals surface area contributed by atoms with Gasteiger partial charge in [0.1, 0.15) is 0 Å². The van der Waals surface area contributed by atoms with Gasteiger partial charge in [0, 0.05) is 21.0 Å². The van der Waals surface area contributed by atoms with E-state index in [2.05, 4.69) is 22.4 Å². The third-order valence-electron chi connectivity index (χ3n) is 1.81. The molecule has 0 radical (unpaired) electrons. The normalized spacial score (nSPS) is 9.92. The maximum atomic E-state index is 6.78. The molecular weight excluding hydrogens is 166 g/mol. The Morgan fingerprint density at radius 1 is 1.33 bits per heavy atom. The van der Waals surface area contributed by atoms with Crippen LogP contribution < -0.4 is 0 Å². The van der Waals surface area contributed by atoms with E-state index in [0.717, 1.165) is 5.56 Å². The van der Waals surface area contributed by atoms with Gasteiger partial charge in [0.05, 0.1) is 0 Å². The topological polar surface area (TPSA) is 4.36 Å². The zero-order valence-electron chi connectivity index (χ0n) is 6.45. The molecule has 2 heteroatoms. The van der Waals surface area contributed by atoms with Crippen molar-refractivity contribution in [2.45, 2.75) is 6.54 Å². The molecule has 0 atom stereocenters. The Bertz CT molecular complexity index is 436. The summed E-state index contributed by atoms with van der Waals surface area (Å²) in [5.41, 5.74) is 1.16. The second-order valence-corrected chi connectivity index (χ2v) is 3.48. The fourth-order valence-electron chi connectivity index (χ4n) is 1.24. The molecule has 0 aliphatic carbocycles. The third kappa shape index (κ3) is 1.09. The van der Waals surface area contributed by atoms with Crippen LogP contribution in [-0.2, 0) is 6.54 Å². The van der Waals surface area contributed by atoms with Gasteiger partial charge in [-0.15, -0.1) is 11.3 Å². The number of benzene rings is 1. The van der Waals surface area contributed by atoms with E-state index in [-0.39, 0.29) is 0 Å². The number of nitrogens with zero attached hydrogens (tertiary/aromatic N) is 1. The van der Waals surface area contributed by atoms with E-state index in [4.69, 9.17) is 6.57 Å². The van der Waals surface area contributed by atoms with Crippen LogP contribution in [0.2, 0.25) is 0 Å². The molecule has 0 bridgehead atoms. The third-order valence-corrected chi connectivity index (χ3v) is 2.82. The minimum Gasteiger partial charge on any atom is -0.312 e. The Balaban J connectivity index is 2.64. The van der Waals surface area contributed by atoms with E-state index >= 15 is 0 Å². The summed E-state index contributed by atoms with van der Waals surface area (Å²) in [6.07, 6.45) is 0. The van der Waals surface area contributed by atoms with Crippen LogP contribution >= 0.6 is 11.3 Å². The molecule has 1 aromatic carbocycles. The molecule has 0 aliphatic heterocycles. The molecule has 0 fully saturated rings. The van der Waals surface area contributed by atoms with E-state index in [1.807, 2.05) is 12.1 Å². The highest BCUT2D eigenvalue weighted by Gasteiger charge is 2.03. The molecule has 58 valence electrons. The highest BCUT2D eigenvalue weighted by molar-refractivity contribution is 7.17. The average Bonchev–Trinajstić information content (AvgIpc) is 2.50. The van der Waals surface area contributed by atoms with E-state index in [1.54, 1.807) is 11.3 Å². The predicted molar refractivity (Wildman–Crippen MR) is 52.1 cm³/mol. The monoisotopic (exact) mass is 173 g/mol. The highest BCUT2D eigenvalue weighted by atomic mass is 32.1. The maximum absolute atomic E-state index is 6.78. The number of fused-ring (bicyclic) bond motifs is 1. The molecule has 1 nitrogen and oxygen atoms in total. The van der Waals surface area contributed by atoms with E-state index in [1.165, 1.54) is 10.1 Å². The van der Waals surface area contributed by atoms with Crippen LogP contribution in [0.4, 0.5) is 0 Å². The first-order valence-corrected chi connectivity index (χ1v) is 4.58. The van der Waals surface area contributed by atoms with Crippen molar-refractivity contribution in [3.8, 4) is 0 Å². The van der Waals surface area contributed by atoms with E-state index in [9.17, 15) is 0 Å². The number of rotatable bonds is 1. The molecule has 1 aromatic heterocycles. The second-order valence-electron chi connectivity index (χ2n) is 2.57. The minimum atomic E-state index is 0.504. The lowest BCUT2D eigenvalue weighted by Crippen LogP contribution is -1.73. The Morgan fingerprint density at radius 3 is 3.00 bits per heavy atom. The average molecular weight is 173 g/mol. The summed E-state index contributed by atoms with van der Waals surface area (Å²) in [5.74, 6) is 0. The van der Waals surface area contributed by atoms with Gasteiger partial charge in [-0.1, -0.05) is 18.2 Å². The lowest BCUT2D eigenvalue weighted by molar-refractivity contribution is 1.32. The molecule has 12 heavy (non-hydrogen) atoms. The van der Waals surface area contributed by atoms with Crippen LogP contribution in [0.1, 0.15) is 5.56 Å².